The number of rotatable bonds is 4. The third kappa shape index (κ3) is 2.98. The van der Waals surface area contributed by atoms with E-state index in [0.717, 1.165) is 18.6 Å². The van der Waals surface area contributed by atoms with Gasteiger partial charge in [-0.1, -0.05) is 18.7 Å². The Morgan fingerprint density at radius 2 is 2.00 bits per heavy atom. The van der Waals surface area contributed by atoms with E-state index in [2.05, 4.69) is 4.98 Å². The van der Waals surface area contributed by atoms with E-state index in [4.69, 9.17) is 5.73 Å². The van der Waals surface area contributed by atoms with E-state index in [9.17, 15) is 13.6 Å². The highest BCUT2D eigenvalue weighted by molar-refractivity contribution is 7.99. The highest BCUT2D eigenvalue weighted by Crippen LogP contribution is 2.30. The van der Waals surface area contributed by atoms with E-state index < -0.39 is 11.6 Å². The smallest absolute Gasteiger partial charge is 0.283 e. The molecule has 0 aliphatic heterocycles. The molecule has 2 aromatic rings. The monoisotopic (exact) mass is 297 g/mol. The Bertz CT molecular complexity index is 665. The van der Waals surface area contributed by atoms with Crippen molar-refractivity contribution in [3.63, 3.8) is 0 Å². The van der Waals surface area contributed by atoms with Crippen molar-refractivity contribution in [2.75, 3.05) is 5.73 Å². The van der Waals surface area contributed by atoms with Crippen molar-refractivity contribution in [2.24, 2.45) is 0 Å². The zero-order valence-electron chi connectivity index (χ0n) is 10.8. The molecule has 7 heteroatoms. The minimum Gasteiger partial charge on any atom is -0.399 e. The molecule has 0 atom stereocenters. The molecule has 4 nitrogen and oxygen atoms in total. The summed E-state index contributed by atoms with van der Waals surface area (Å²) in [6.45, 7) is 2.46. The quantitative estimate of drug-likeness (QED) is 0.881. The third-order valence-electron chi connectivity index (χ3n) is 2.57. The van der Waals surface area contributed by atoms with Gasteiger partial charge in [0.05, 0.1) is 4.90 Å². The molecule has 0 aliphatic rings. The van der Waals surface area contributed by atoms with Gasteiger partial charge in [-0.15, -0.1) is 0 Å². The lowest BCUT2D eigenvalue weighted by Crippen LogP contribution is -2.21. The van der Waals surface area contributed by atoms with Crippen molar-refractivity contribution in [1.82, 2.24) is 9.55 Å². The lowest BCUT2D eigenvalue weighted by atomic mass is 10.3. The van der Waals surface area contributed by atoms with E-state index >= 15 is 0 Å². The maximum absolute atomic E-state index is 13.7. The summed E-state index contributed by atoms with van der Waals surface area (Å²) in [7, 11) is 0. The van der Waals surface area contributed by atoms with Crippen LogP contribution in [0, 0.1) is 11.6 Å². The van der Waals surface area contributed by atoms with Crippen LogP contribution in [0.4, 0.5) is 14.5 Å². The second kappa shape index (κ2) is 6.04. The van der Waals surface area contributed by atoms with Crippen LogP contribution in [0.5, 0.6) is 0 Å². The summed E-state index contributed by atoms with van der Waals surface area (Å²) in [4.78, 5) is 15.7. The fraction of sp³-hybridized carbons (Fsp3) is 0.231. The molecule has 106 valence electrons. The van der Waals surface area contributed by atoms with Gasteiger partial charge in [-0.2, -0.15) is 0 Å². The predicted octanol–water partition coefficient (Wildman–Crippen LogP) is 2.66. The molecule has 1 aromatic heterocycles. The molecule has 2 N–H and O–H groups in total. The number of halogens is 2. The summed E-state index contributed by atoms with van der Waals surface area (Å²) in [5, 5.41) is 0.0310. The van der Waals surface area contributed by atoms with Gasteiger partial charge < -0.3 is 10.3 Å². The highest BCUT2D eigenvalue weighted by atomic mass is 32.2. The van der Waals surface area contributed by atoms with E-state index in [0.29, 0.717) is 18.3 Å². The van der Waals surface area contributed by atoms with Crippen LogP contribution in [0.2, 0.25) is 0 Å². The normalized spacial score (nSPS) is 10.8. The molecular formula is C13H13F2N3OS. The van der Waals surface area contributed by atoms with Crippen LogP contribution in [0.3, 0.4) is 0 Å². The molecule has 0 amide bonds. The number of nitrogen functional groups attached to an aromatic ring is 1. The Morgan fingerprint density at radius 3 is 2.60 bits per heavy atom. The maximum Gasteiger partial charge on any atom is 0.283 e. The average Bonchev–Trinajstić information content (AvgIpc) is 2.38. The summed E-state index contributed by atoms with van der Waals surface area (Å²) < 4.78 is 28.9. The molecular weight excluding hydrogens is 284 g/mol. The van der Waals surface area contributed by atoms with Gasteiger partial charge in [-0.3, -0.25) is 4.79 Å². The first-order chi connectivity index (χ1) is 9.52. The van der Waals surface area contributed by atoms with Crippen molar-refractivity contribution >= 4 is 17.4 Å². The second-order valence-corrected chi connectivity index (χ2v) is 5.15. The standard InChI is InChI=1S/C13H13F2N3OS/c1-2-4-18-5-3-17-12(13(18)19)20-11-9(14)6-8(16)7-10(11)15/h3,5-7H,2,4,16H2,1H3. The summed E-state index contributed by atoms with van der Waals surface area (Å²) in [5.41, 5.74) is 4.97. The Kier molecular flexibility index (Phi) is 4.39. The number of aryl methyl sites for hydroxylation is 1. The van der Waals surface area contributed by atoms with Gasteiger partial charge in [0.25, 0.3) is 5.56 Å². The van der Waals surface area contributed by atoms with E-state index in [1.165, 1.54) is 10.8 Å². The highest BCUT2D eigenvalue weighted by Gasteiger charge is 2.15. The zero-order valence-corrected chi connectivity index (χ0v) is 11.6. The van der Waals surface area contributed by atoms with Crippen LogP contribution in [0.15, 0.2) is 39.2 Å². The molecule has 0 spiro atoms. The van der Waals surface area contributed by atoms with E-state index in [-0.39, 0.29) is 21.2 Å². The number of aromatic nitrogens is 2. The zero-order chi connectivity index (χ0) is 14.7. The first-order valence-electron chi connectivity index (χ1n) is 6.00. The van der Waals surface area contributed by atoms with Crippen LogP contribution in [0.25, 0.3) is 0 Å². The Hall–Kier alpha value is -1.89. The summed E-state index contributed by atoms with van der Waals surface area (Å²) >= 11 is 0.666. The van der Waals surface area contributed by atoms with Gasteiger partial charge in [0.1, 0.15) is 11.6 Å². The van der Waals surface area contributed by atoms with Crippen LogP contribution >= 0.6 is 11.8 Å². The van der Waals surface area contributed by atoms with Crippen LogP contribution in [0.1, 0.15) is 13.3 Å². The predicted molar refractivity (Wildman–Crippen MR) is 73.7 cm³/mol. The van der Waals surface area contributed by atoms with Crippen molar-refractivity contribution in [3.05, 3.63) is 46.5 Å². The van der Waals surface area contributed by atoms with Crippen LogP contribution in [-0.2, 0) is 6.54 Å². The summed E-state index contributed by atoms with van der Waals surface area (Å²) in [5.74, 6) is -1.61. The maximum atomic E-state index is 13.7. The van der Waals surface area contributed by atoms with Crippen molar-refractivity contribution in [2.45, 2.75) is 29.8 Å². The SMILES string of the molecule is CCCn1ccnc(Sc2c(F)cc(N)cc2F)c1=O. The largest absolute Gasteiger partial charge is 0.399 e. The fourth-order valence-corrected chi connectivity index (χ4v) is 2.51. The van der Waals surface area contributed by atoms with E-state index in [1.807, 2.05) is 6.92 Å². The molecule has 0 saturated heterocycles. The summed E-state index contributed by atoms with van der Waals surface area (Å²) in [6.07, 6.45) is 3.76. The first-order valence-corrected chi connectivity index (χ1v) is 6.82. The molecule has 1 heterocycles. The molecule has 0 fully saturated rings. The topological polar surface area (TPSA) is 60.9 Å². The molecule has 0 bridgehead atoms. The van der Waals surface area contributed by atoms with Gasteiger partial charge in [0.15, 0.2) is 5.03 Å². The number of nitrogens with two attached hydrogens (primary N) is 1. The molecule has 1 aromatic carbocycles. The molecule has 0 aliphatic carbocycles. The molecule has 0 saturated carbocycles. The van der Waals surface area contributed by atoms with Crippen LogP contribution < -0.4 is 11.3 Å². The van der Waals surface area contributed by atoms with E-state index in [1.54, 1.807) is 6.20 Å². The lowest BCUT2D eigenvalue weighted by Gasteiger charge is -2.07. The van der Waals surface area contributed by atoms with Crippen molar-refractivity contribution in [1.29, 1.82) is 0 Å². The molecule has 2 rings (SSSR count). The van der Waals surface area contributed by atoms with Crippen molar-refractivity contribution in [3.8, 4) is 0 Å². The minimum atomic E-state index is -0.806. The number of anilines is 1. The van der Waals surface area contributed by atoms with Gasteiger partial charge in [0.2, 0.25) is 0 Å². The Morgan fingerprint density at radius 1 is 1.35 bits per heavy atom. The van der Waals surface area contributed by atoms with Gasteiger partial charge >= 0.3 is 0 Å². The van der Waals surface area contributed by atoms with Gasteiger partial charge in [-0.25, -0.2) is 13.8 Å². The second-order valence-electron chi connectivity index (χ2n) is 4.15. The number of benzene rings is 1. The average molecular weight is 297 g/mol. The number of nitrogens with zero attached hydrogens (tertiary/aromatic N) is 2. The molecule has 20 heavy (non-hydrogen) atoms. The Labute approximate surface area is 118 Å². The number of hydrogen-bond donors (Lipinski definition) is 1. The first kappa shape index (κ1) is 14.5. The van der Waals surface area contributed by atoms with Crippen molar-refractivity contribution < 1.29 is 8.78 Å². The summed E-state index contributed by atoms with van der Waals surface area (Å²) in [6, 6.07) is 2.03. The third-order valence-corrected chi connectivity index (χ3v) is 3.63. The molecule has 0 unspecified atom stereocenters. The number of hydrogen-bond acceptors (Lipinski definition) is 4. The Balaban J connectivity index is 2.41. The fourth-order valence-electron chi connectivity index (χ4n) is 1.69. The lowest BCUT2D eigenvalue weighted by molar-refractivity contribution is 0.541. The van der Waals surface area contributed by atoms with Crippen LogP contribution in [-0.4, -0.2) is 9.55 Å². The molecule has 0 radical (unpaired) electrons. The minimum absolute atomic E-state index is 0.00577. The van der Waals surface area contributed by atoms with Gasteiger partial charge in [-0.05, 0) is 18.6 Å². The van der Waals surface area contributed by atoms with Gasteiger partial charge in [0, 0.05) is 24.6 Å².